The van der Waals surface area contributed by atoms with Crippen LogP contribution in [0.25, 0.3) is 0 Å². The summed E-state index contributed by atoms with van der Waals surface area (Å²) in [6.07, 6.45) is 5.25. The van der Waals surface area contributed by atoms with Crippen molar-refractivity contribution in [2.45, 2.75) is 17.1 Å². The van der Waals surface area contributed by atoms with E-state index in [0.717, 1.165) is 0 Å². The minimum atomic E-state index is 0.261. The molecular weight excluding hydrogens is 152 g/mol. The summed E-state index contributed by atoms with van der Waals surface area (Å²) in [6, 6.07) is 10.2. The third-order valence-corrected chi connectivity index (χ3v) is 2.32. The Labute approximate surface area is 72.0 Å². The Morgan fingerprint density at radius 2 is 2.00 bits per heavy atom. The van der Waals surface area contributed by atoms with Gasteiger partial charge in [0.15, 0.2) is 0 Å². The average Bonchev–Trinajstić information content (AvgIpc) is 2.06. The lowest BCUT2D eigenvalue weighted by molar-refractivity contribution is 1.28. The molecule has 0 aromatic heterocycles. The lowest BCUT2D eigenvalue weighted by Gasteiger charge is -2.01. The van der Waals surface area contributed by atoms with Crippen LogP contribution in [-0.2, 0) is 0 Å². The highest BCUT2D eigenvalue weighted by Gasteiger charge is 1.97. The first-order valence-corrected chi connectivity index (χ1v) is 4.38. The van der Waals surface area contributed by atoms with Gasteiger partial charge in [0.05, 0.1) is 5.25 Å². The summed E-state index contributed by atoms with van der Waals surface area (Å²) >= 11 is 1.71. The van der Waals surface area contributed by atoms with Crippen LogP contribution in [0.3, 0.4) is 0 Å². The van der Waals surface area contributed by atoms with Gasteiger partial charge in [0.1, 0.15) is 0 Å². The second-order valence-electron chi connectivity index (χ2n) is 2.24. The largest absolute Gasteiger partial charge is 0.119 e. The van der Waals surface area contributed by atoms with E-state index in [-0.39, 0.29) is 5.25 Å². The molecule has 0 nitrogen and oxygen atoms in total. The van der Waals surface area contributed by atoms with Crippen LogP contribution in [0.4, 0.5) is 0 Å². The van der Waals surface area contributed by atoms with Crippen LogP contribution in [0, 0.1) is 12.3 Å². The van der Waals surface area contributed by atoms with Gasteiger partial charge in [-0.2, -0.15) is 0 Å². The lowest BCUT2D eigenvalue weighted by atomic mass is 10.4. The van der Waals surface area contributed by atoms with Crippen molar-refractivity contribution in [3.63, 3.8) is 0 Å². The van der Waals surface area contributed by atoms with E-state index >= 15 is 0 Å². The fourth-order valence-electron chi connectivity index (χ4n) is 0.737. The first kappa shape index (κ1) is 8.23. The Hall–Kier alpha value is -0.870. The fourth-order valence-corrected chi connectivity index (χ4v) is 1.53. The molecule has 56 valence electrons. The molecule has 1 heteroatoms. The smallest absolute Gasteiger partial charge is 0.0673 e. The van der Waals surface area contributed by atoms with Gasteiger partial charge in [-0.1, -0.05) is 24.1 Å². The van der Waals surface area contributed by atoms with E-state index in [1.54, 1.807) is 11.8 Å². The van der Waals surface area contributed by atoms with Gasteiger partial charge < -0.3 is 0 Å². The van der Waals surface area contributed by atoms with Gasteiger partial charge in [0.2, 0.25) is 0 Å². The van der Waals surface area contributed by atoms with Crippen molar-refractivity contribution >= 4 is 11.8 Å². The summed E-state index contributed by atoms with van der Waals surface area (Å²) in [4.78, 5) is 1.23. The molecule has 0 aliphatic carbocycles. The first-order valence-electron chi connectivity index (χ1n) is 3.51. The maximum absolute atomic E-state index is 5.25. The third kappa shape index (κ3) is 2.69. The maximum Gasteiger partial charge on any atom is 0.0673 e. The van der Waals surface area contributed by atoms with E-state index in [0.29, 0.717) is 0 Å². The molecule has 0 spiro atoms. The molecular formula is C10H10S. The fraction of sp³-hybridized carbons (Fsp3) is 0.200. The predicted molar refractivity (Wildman–Crippen MR) is 50.6 cm³/mol. The number of rotatable bonds is 2. The highest BCUT2D eigenvalue weighted by atomic mass is 32.2. The number of terminal acetylenes is 1. The average molecular weight is 162 g/mol. The van der Waals surface area contributed by atoms with Crippen LogP contribution in [0.5, 0.6) is 0 Å². The molecule has 0 amide bonds. The molecule has 1 aromatic rings. The first-order chi connectivity index (χ1) is 5.33. The predicted octanol–water partition coefficient (Wildman–Crippen LogP) is 2.80. The summed E-state index contributed by atoms with van der Waals surface area (Å²) in [5, 5.41) is 0.261. The van der Waals surface area contributed by atoms with Crippen LogP contribution >= 0.6 is 11.8 Å². The summed E-state index contributed by atoms with van der Waals surface area (Å²) < 4.78 is 0. The molecule has 1 aromatic carbocycles. The summed E-state index contributed by atoms with van der Waals surface area (Å²) in [6.45, 7) is 2.03. The van der Waals surface area contributed by atoms with Crippen molar-refractivity contribution in [2.75, 3.05) is 0 Å². The minimum Gasteiger partial charge on any atom is -0.119 e. The van der Waals surface area contributed by atoms with Gasteiger partial charge >= 0.3 is 0 Å². The van der Waals surface area contributed by atoms with E-state index < -0.39 is 0 Å². The minimum absolute atomic E-state index is 0.261. The van der Waals surface area contributed by atoms with Gasteiger partial charge in [0, 0.05) is 4.90 Å². The second kappa shape index (κ2) is 4.10. The van der Waals surface area contributed by atoms with Crippen molar-refractivity contribution in [1.82, 2.24) is 0 Å². The maximum atomic E-state index is 5.25. The Bertz CT molecular complexity index is 245. The standard InChI is InChI=1S/C10H10S/c1-3-9(2)11-10-7-5-4-6-8-10/h1,4-9H,2H3. The molecule has 0 saturated carbocycles. The molecule has 0 aliphatic rings. The van der Waals surface area contributed by atoms with Gasteiger partial charge in [-0.15, -0.1) is 18.2 Å². The van der Waals surface area contributed by atoms with E-state index in [2.05, 4.69) is 18.1 Å². The van der Waals surface area contributed by atoms with Crippen LogP contribution in [0.1, 0.15) is 6.92 Å². The van der Waals surface area contributed by atoms with Crippen LogP contribution in [0.2, 0.25) is 0 Å². The molecule has 0 fully saturated rings. The summed E-state index contributed by atoms with van der Waals surface area (Å²) in [7, 11) is 0. The lowest BCUT2D eigenvalue weighted by Crippen LogP contribution is -1.88. The Morgan fingerprint density at radius 1 is 1.36 bits per heavy atom. The molecule has 0 bridgehead atoms. The van der Waals surface area contributed by atoms with Crippen LogP contribution in [0.15, 0.2) is 35.2 Å². The zero-order chi connectivity index (χ0) is 8.10. The highest BCUT2D eigenvalue weighted by Crippen LogP contribution is 2.21. The molecule has 1 atom stereocenters. The number of hydrogen-bond donors (Lipinski definition) is 0. The Kier molecular flexibility index (Phi) is 3.07. The molecule has 0 saturated heterocycles. The molecule has 0 radical (unpaired) electrons. The van der Waals surface area contributed by atoms with Crippen molar-refractivity contribution in [3.05, 3.63) is 30.3 Å². The third-order valence-electron chi connectivity index (χ3n) is 1.29. The van der Waals surface area contributed by atoms with Gasteiger partial charge in [0.25, 0.3) is 0 Å². The van der Waals surface area contributed by atoms with Crippen molar-refractivity contribution in [1.29, 1.82) is 0 Å². The normalized spacial score (nSPS) is 12.0. The highest BCUT2D eigenvalue weighted by molar-refractivity contribution is 8.00. The van der Waals surface area contributed by atoms with E-state index in [4.69, 9.17) is 6.42 Å². The molecule has 1 unspecified atom stereocenters. The number of hydrogen-bond acceptors (Lipinski definition) is 1. The monoisotopic (exact) mass is 162 g/mol. The Morgan fingerprint density at radius 3 is 2.55 bits per heavy atom. The summed E-state index contributed by atoms with van der Waals surface area (Å²) in [5.74, 6) is 2.68. The topological polar surface area (TPSA) is 0 Å². The molecule has 0 heterocycles. The Balaban J connectivity index is 2.60. The van der Waals surface area contributed by atoms with E-state index in [1.165, 1.54) is 4.90 Å². The van der Waals surface area contributed by atoms with Crippen molar-refractivity contribution < 1.29 is 0 Å². The zero-order valence-electron chi connectivity index (χ0n) is 6.45. The van der Waals surface area contributed by atoms with E-state index in [1.807, 2.05) is 25.1 Å². The quantitative estimate of drug-likeness (QED) is 0.476. The zero-order valence-corrected chi connectivity index (χ0v) is 7.27. The van der Waals surface area contributed by atoms with Crippen molar-refractivity contribution in [2.24, 2.45) is 0 Å². The number of thioether (sulfide) groups is 1. The molecule has 0 aliphatic heterocycles. The SMILES string of the molecule is C#CC(C)Sc1ccccc1. The summed E-state index contributed by atoms with van der Waals surface area (Å²) in [5.41, 5.74) is 0. The van der Waals surface area contributed by atoms with E-state index in [9.17, 15) is 0 Å². The van der Waals surface area contributed by atoms with Crippen LogP contribution in [-0.4, -0.2) is 5.25 Å². The van der Waals surface area contributed by atoms with Crippen LogP contribution < -0.4 is 0 Å². The van der Waals surface area contributed by atoms with Gasteiger partial charge in [-0.05, 0) is 19.1 Å². The number of benzene rings is 1. The molecule has 11 heavy (non-hydrogen) atoms. The second-order valence-corrected chi connectivity index (χ2v) is 3.65. The van der Waals surface area contributed by atoms with Crippen molar-refractivity contribution in [3.8, 4) is 12.3 Å². The molecule has 1 rings (SSSR count). The van der Waals surface area contributed by atoms with Gasteiger partial charge in [-0.3, -0.25) is 0 Å². The molecule has 0 N–H and O–H groups in total. The van der Waals surface area contributed by atoms with Gasteiger partial charge in [-0.25, -0.2) is 0 Å².